The fourth-order valence-corrected chi connectivity index (χ4v) is 3.32. The predicted octanol–water partition coefficient (Wildman–Crippen LogP) is 5.02. The van der Waals surface area contributed by atoms with Gasteiger partial charge in [-0.1, -0.05) is 42.5 Å². The number of ether oxygens (including phenoxy) is 1. The van der Waals surface area contributed by atoms with Crippen LogP contribution in [-0.2, 0) is 0 Å². The maximum absolute atomic E-state index is 10.6. The Morgan fingerprint density at radius 1 is 1.13 bits per heavy atom. The summed E-state index contributed by atoms with van der Waals surface area (Å²) in [5, 5.41) is 8.61. The lowest BCUT2D eigenvalue weighted by atomic mass is 10.1. The third kappa shape index (κ3) is 3.68. The van der Waals surface area contributed by atoms with E-state index in [0.717, 1.165) is 21.4 Å². The lowest BCUT2D eigenvalue weighted by Crippen LogP contribution is -2.17. The summed E-state index contributed by atoms with van der Waals surface area (Å²) in [6.45, 7) is 0.552. The van der Waals surface area contributed by atoms with E-state index >= 15 is 0 Å². The summed E-state index contributed by atoms with van der Waals surface area (Å²) in [4.78, 5) is 11.7. The summed E-state index contributed by atoms with van der Waals surface area (Å²) < 4.78 is 6.31. The van der Waals surface area contributed by atoms with Crippen LogP contribution in [0.1, 0.15) is 17.4 Å². The third-order valence-corrected chi connectivity index (χ3v) is 4.70. The van der Waals surface area contributed by atoms with Gasteiger partial charge in [0.2, 0.25) is 0 Å². The molecule has 2 aromatic carbocycles. The van der Waals surface area contributed by atoms with E-state index in [4.69, 9.17) is 4.74 Å². The fourth-order valence-electron chi connectivity index (χ4n) is 2.53. The molecule has 1 aromatic heterocycles. The van der Waals surface area contributed by atoms with E-state index in [2.05, 4.69) is 29.6 Å². The van der Waals surface area contributed by atoms with Crippen molar-refractivity contribution in [2.45, 2.75) is 12.5 Å². The van der Waals surface area contributed by atoms with Crippen molar-refractivity contribution in [1.29, 1.82) is 0 Å². The standard InChI is InChI=1S/C18H18N2O2S/c1-20(19-21)12-11-17(18-10-5-13-23-18)22-16-9-4-7-14-6-2-3-8-15(14)16/h2-10,13,17H,11-12H2,1H3/t17-/m0/s1/i20+1. The van der Waals surface area contributed by atoms with Crippen LogP contribution in [0.3, 0.4) is 0 Å². The van der Waals surface area contributed by atoms with Gasteiger partial charge in [0.05, 0.1) is 5.29 Å². The van der Waals surface area contributed by atoms with Crippen molar-refractivity contribution in [1.82, 2.24) is 5.01 Å². The van der Waals surface area contributed by atoms with Gasteiger partial charge in [0.1, 0.15) is 11.9 Å². The first kappa shape index (κ1) is 15.5. The molecule has 0 aliphatic heterocycles. The molecule has 4 nitrogen and oxygen atoms in total. The molecule has 5 heteroatoms. The minimum atomic E-state index is -0.0926. The van der Waals surface area contributed by atoms with E-state index in [-0.39, 0.29) is 6.10 Å². The molecule has 0 spiro atoms. The maximum Gasteiger partial charge on any atom is 0.135 e. The molecular formula is C18H18N2O2S. The first-order valence-electron chi connectivity index (χ1n) is 7.50. The first-order valence-corrected chi connectivity index (χ1v) is 8.38. The minimum absolute atomic E-state index is 0.0926. The van der Waals surface area contributed by atoms with Crippen LogP contribution in [-0.4, -0.2) is 18.6 Å². The molecule has 0 radical (unpaired) electrons. The summed E-state index contributed by atoms with van der Waals surface area (Å²) in [5.74, 6) is 0.864. The summed E-state index contributed by atoms with van der Waals surface area (Å²) >= 11 is 1.66. The quantitative estimate of drug-likeness (QED) is 0.347. The molecule has 1 heterocycles. The Hall–Kier alpha value is -2.40. The van der Waals surface area contributed by atoms with Crippen LogP contribution in [0, 0.1) is 4.91 Å². The van der Waals surface area contributed by atoms with E-state index in [1.54, 1.807) is 18.4 Å². The zero-order valence-electron chi connectivity index (χ0n) is 12.9. The van der Waals surface area contributed by atoms with Crippen molar-refractivity contribution >= 4 is 22.1 Å². The van der Waals surface area contributed by atoms with Crippen molar-refractivity contribution in [3.05, 3.63) is 69.8 Å². The normalized spacial score (nSPS) is 12.0. The Bertz CT molecular complexity index is 768. The molecule has 0 aliphatic carbocycles. The highest BCUT2D eigenvalue weighted by molar-refractivity contribution is 7.10. The highest BCUT2D eigenvalue weighted by Crippen LogP contribution is 2.32. The molecule has 0 saturated heterocycles. The van der Waals surface area contributed by atoms with Crippen LogP contribution in [0.25, 0.3) is 10.8 Å². The number of thiophene rings is 1. The molecule has 0 bridgehead atoms. The molecule has 0 aliphatic rings. The Labute approximate surface area is 139 Å². The van der Waals surface area contributed by atoms with Crippen LogP contribution < -0.4 is 4.74 Å². The Morgan fingerprint density at radius 3 is 2.74 bits per heavy atom. The van der Waals surface area contributed by atoms with Gasteiger partial charge in [-0.25, -0.2) is 0 Å². The van der Waals surface area contributed by atoms with Crippen molar-refractivity contribution in [2.24, 2.45) is 5.29 Å². The van der Waals surface area contributed by atoms with Crippen LogP contribution in [0.5, 0.6) is 5.75 Å². The van der Waals surface area contributed by atoms with Crippen LogP contribution in [0.2, 0.25) is 0 Å². The van der Waals surface area contributed by atoms with E-state index in [1.807, 2.05) is 35.7 Å². The smallest absolute Gasteiger partial charge is 0.135 e. The zero-order valence-corrected chi connectivity index (χ0v) is 13.7. The number of nitrogens with zero attached hydrogens (tertiary/aromatic N) is 2. The SMILES string of the molecule is C[15N](CC[C@H](Oc1cccc2ccccc12)c1cccs1)N=O. The largest absolute Gasteiger partial charge is 0.484 e. The molecule has 23 heavy (non-hydrogen) atoms. The van der Waals surface area contributed by atoms with Crippen LogP contribution in [0.15, 0.2) is 65.3 Å². The second-order valence-corrected chi connectivity index (χ2v) is 6.33. The summed E-state index contributed by atoms with van der Waals surface area (Å²) in [7, 11) is 1.68. The van der Waals surface area contributed by atoms with Crippen molar-refractivity contribution in [3.8, 4) is 5.75 Å². The lowest BCUT2D eigenvalue weighted by Gasteiger charge is -2.20. The topological polar surface area (TPSA) is 41.9 Å². The number of hydrogen-bond donors (Lipinski definition) is 0. The second-order valence-electron chi connectivity index (χ2n) is 5.35. The molecule has 0 fully saturated rings. The molecule has 0 unspecified atom stereocenters. The summed E-state index contributed by atoms with van der Waals surface area (Å²) in [5.41, 5.74) is 0. The van der Waals surface area contributed by atoms with Gasteiger partial charge in [0, 0.05) is 30.3 Å². The Balaban J connectivity index is 1.86. The maximum atomic E-state index is 10.6. The van der Waals surface area contributed by atoms with E-state index in [9.17, 15) is 4.91 Å². The van der Waals surface area contributed by atoms with Crippen molar-refractivity contribution in [2.75, 3.05) is 13.6 Å². The predicted molar refractivity (Wildman–Crippen MR) is 94.7 cm³/mol. The van der Waals surface area contributed by atoms with Crippen LogP contribution in [0.4, 0.5) is 0 Å². The number of fused-ring (bicyclic) bond motifs is 1. The van der Waals surface area contributed by atoms with Crippen molar-refractivity contribution < 1.29 is 4.74 Å². The molecule has 118 valence electrons. The molecule has 3 aromatic rings. The van der Waals surface area contributed by atoms with Gasteiger partial charge in [0.15, 0.2) is 0 Å². The van der Waals surface area contributed by atoms with Gasteiger partial charge in [0.25, 0.3) is 0 Å². The second kappa shape index (κ2) is 7.24. The molecule has 0 saturated carbocycles. The van der Waals surface area contributed by atoms with E-state index < -0.39 is 0 Å². The highest BCUT2D eigenvalue weighted by Gasteiger charge is 2.17. The highest BCUT2D eigenvalue weighted by atomic mass is 32.1. The first-order chi connectivity index (χ1) is 11.3. The van der Waals surface area contributed by atoms with E-state index in [0.29, 0.717) is 13.0 Å². The zero-order chi connectivity index (χ0) is 16.1. The minimum Gasteiger partial charge on any atom is -0.484 e. The average Bonchev–Trinajstić information content (AvgIpc) is 3.12. The molecule has 3 rings (SSSR count). The Morgan fingerprint density at radius 2 is 1.96 bits per heavy atom. The lowest BCUT2D eigenvalue weighted by molar-refractivity contribution is 0.179. The number of benzene rings is 2. The number of nitroso groups, excluding NO2 is 1. The number of hydrogen-bond acceptors (Lipinski definition) is 4. The fraction of sp³-hybridized carbons (Fsp3) is 0.222. The van der Waals surface area contributed by atoms with Gasteiger partial charge in [-0.2, -0.15) is 0 Å². The van der Waals surface area contributed by atoms with Crippen LogP contribution >= 0.6 is 11.3 Å². The van der Waals surface area contributed by atoms with Gasteiger partial charge in [-0.15, -0.1) is 16.2 Å². The monoisotopic (exact) mass is 327 g/mol. The van der Waals surface area contributed by atoms with Gasteiger partial charge in [-0.05, 0) is 22.9 Å². The van der Waals surface area contributed by atoms with E-state index in [1.165, 1.54) is 5.01 Å². The number of rotatable bonds is 7. The van der Waals surface area contributed by atoms with Gasteiger partial charge < -0.3 is 4.74 Å². The molecule has 0 N–H and O–H groups in total. The molecule has 0 amide bonds. The summed E-state index contributed by atoms with van der Waals surface area (Å²) in [6.07, 6.45) is 0.608. The summed E-state index contributed by atoms with van der Waals surface area (Å²) in [6, 6.07) is 18.3. The average molecular weight is 327 g/mol. The Kier molecular flexibility index (Phi) is 4.88. The van der Waals surface area contributed by atoms with Gasteiger partial charge >= 0.3 is 0 Å². The van der Waals surface area contributed by atoms with Gasteiger partial charge in [-0.3, -0.25) is 5.01 Å². The third-order valence-electron chi connectivity index (χ3n) is 3.73. The molecular weight excluding hydrogens is 309 g/mol. The molecule has 1 atom stereocenters. The van der Waals surface area contributed by atoms with Crippen molar-refractivity contribution in [3.63, 3.8) is 0 Å².